The minimum atomic E-state index is -1.12. The van der Waals surface area contributed by atoms with Crippen LogP contribution < -0.4 is 10.3 Å². The Hall–Kier alpha value is -2.51. The third-order valence-electron chi connectivity index (χ3n) is 3.49. The summed E-state index contributed by atoms with van der Waals surface area (Å²) in [5.74, 6) is -0.905. The van der Waals surface area contributed by atoms with Gasteiger partial charge in [0.15, 0.2) is 5.69 Å². The van der Waals surface area contributed by atoms with Gasteiger partial charge in [-0.25, -0.2) is 14.8 Å². The summed E-state index contributed by atoms with van der Waals surface area (Å²) in [4.78, 5) is 21.2. The molecule has 2 aromatic heterocycles. The fourth-order valence-corrected chi connectivity index (χ4v) is 2.30. The predicted molar refractivity (Wildman–Crippen MR) is 76.1 cm³/mol. The van der Waals surface area contributed by atoms with Crippen molar-refractivity contribution in [3.8, 4) is 5.88 Å². The van der Waals surface area contributed by atoms with Crippen LogP contribution in [0.5, 0.6) is 5.88 Å². The second-order valence-corrected chi connectivity index (χ2v) is 4.94. The Morgan fingerprint density at radius 1 is 1.52 bits per heavy atom. The van der Waals surface area contributed by atoms with Crippen LogP contribution in [0.3, 0.4) is 0 Å². The van der Waals surface area contributed by atoms with Crippen LogP contribution in [0, 0.1) is 0 Å². The van der Waals surface area contributed by atoms with Gasteiger partial charge in [0.2, 0.25) is 5.65 Å². The summed E-state index contributed by atoms with van der Waals surface area (Å²) in [6.45, 7) is 4.81. The molecule has 0 amide bonds. The summed E-state index contributed by atoms with van der Waals surface area (Å²) in [6.07, 6.45) is 3.44. The first-order chi connectivity index (χ1) is 9.95. The van der Waals surface area contributed by atoms with E-state index in [2.05, 4.69) is 16.5 Å². The van der Waals surface area contributed by atoms with Gasteiger partial charge in [0.1, 0.15) is 14.0 Å². The molecule has 1 aliphatic heterocycles. The SMILES string of the molecule is [B]c1cn2cc(C(=O)O)nc2c(OC2CCN(C)C2=C)n1. The zero-order valence-corrected chi connectivity index (χ0v) is 11.5. The number of likely N-dealkylation sites (N-methyl/N-ethyl adjacent to an activating group) is 1. The number of carboxylic acids is 1. The number of fused-ring (bicyclic) bond motifs is 1. The molecule has 2 radical (unpaired) electrons. The first kappa shape index (κ1) is 13.5. The zero-order chi connectivity index (χ0) is 15.1. The number of imidazole rings is 1. The van der Waals surface area contributed by atoms with Crippen LogP contribution in [0.25, 0.3) is 5.65 Å². The molecule has 1 N–H and O–H groups in total. The lowest BCUT2D eigenvalue weighted by Gasteiger charge is -2.17. The molecular weight excluding hydrogens is 271 g/mol. The minimum Gasteiger partial charge on any atom is -0.476 e. The Bertz CT molecular complexity index is 742. The van der Waals surface area contributed by atoms with Gasteiger partial charge in [0, 0.05) is 43.7 Å². The number of carbonyl (C=O) groups is 1. The maximum atomic E-state index is 11.0. The number of aromatic nitrogens is 3. The highest BCUT2D eigenvalue weighted by atomic mass is 16.5. The van der Waals surface area contributed by atoms with E-state index in [0.29, 0.717) is 5.65 Å². The maximum Gasteiger partial charge on any atom is 0.356 e. The first-order valence-corrected chi connectivity index (χ1v) is 6.41. The van der Waals surface area contributed by atoms with Crippen molar-refractivity contribution in [3.05, 3.63) is 30.4 Å². The van der Waals surface area contributed by atoms with Crippen LogP contribution in [0.2, 0.25) is 0 Å². The van der Waals surface area contributed by atoms with E-state index in [9.17, 15) is 4.79 Å². The van der Waals surface area contributed by atoms with Crippen molar-refractivity contribution in [2.75, 3.05) is 13.6 Å². The second-order valence-electron chi connectivity index (χ2n) is 4.94. The number of hydrogen-bond acceptors (Lipinski definition) is 5. The van der Waals surface area contributed by atoms with Crippen LogP contribution >= 0.6 is 0 Å². The van der Waals surface area contributed by atoms with Crippen molar-refractivity contribution in [3.63, 3.8) is 0 Å². The average molecular weight is 284 g/mol. The Morgan fingerprint density at radius 3 is 2.90 bits per heavy atom. The lowest BCUT2D eigenvalue weighted by Crippen LogP contribution is -2.21. The van der Waals surface area contributed by atoms with E-state index in [1.54, 1.807) is 0 Å². The van der Waals surface area contributed by atoms with Gasteiger partial charge < -0.3 is 19.1 Å². The van der Waals surface area contributed by atoms with Crippen molar-refractivity contribution in [2.45, 2.75) is 12.5 Å². The number of carboxylic acid groups (broad SMARTS) is 1. The highest BCUT2D eigenvalue weighted by Gasteiger charge is 2.27. The molecule has 0 saturated carbocycles. The molecule has 7 nitrogen and oxygen atoms in total. The zero-order valence-electron chi connectivity index (χ0n) is 11.5. The number of ether oxygens (including phenoxy) is 1. The molecule has 1 fully saturated rings. The van der Waals surface area contributed by atoms with Crippen LogP contribution in [-0.4, -0.2) is 57.9 Å². The number of likely N-dealkylation sites (tertiary alicyclic amines) is 1. The molecule has 8 heteroatoms. The van der Waals surface area contributed by atoms with E-state index in [1.165, 1.54) is 16.8 Å². The molecule has 2 aromatic rings. The molecule has 0 aliphatic carbocycles. The lowest BCUT2D eigenvalue weighted by atomic mass is 10.1. The van der Waals surface area contributed by atoms with Gasteiger partial charge in [-0.1, -0.05) is 6.58 Å². The van der Waals surface area contributed by atoms with Gasteiger partial charge >= 0.3 is 5.97 Å². The summed E-state index contributed by atoms with van der Waals surface area (Å²) < 4.78 is 7.34. The average Bonchev–Trinajstić information content (AvgIpc) is 2.97. The third kappa shape index (κ3) is 2.33. The Labute approximate surface area is 122 Å². The fourth-order valence-electron chi connectivity index (χ4n) is 2.30. The van der Waals surface area contributed by atoms with Crippen LogP contribution in [0.4, 0.5) is 0 Å². The van der Waals surface area contributed by atoms with Crippen LogP contribution in [0.15, 0.2) is 24.7 Å². The van der Waals surface area contributed by atoms with Gasteiger partial charge in [0.25, 0.3) is 5.88 Å². The summed E-state index contributed by atoms with van der Waals surface area (Å²) in [5, 5.41) is 9.02. The molecule has 1 unspecified atom stereocenters. The summed E-state index contributed by atoms with van der Waals surface area (Å²) in [6, 6.07) is 0. The smallest absolute Gasteiger partial charge is 0.356 e. The fraction of sp³-hybridized carbons (Fsp3) is 0.308. The summed E-state index contributed by atoms with van der Waals surface area (Å²) in [5.41, 5.74) is 1.31. The summed E-state index contributed by atoms with van der Waals surface area (Å²) in [7, 11) is 7.66. The third-order valence-corrected chi connectivity index (χ3v) is 3.49. The largest absolute Gasteiger partial charge is 0.476 e. The van der Waals surface area contributed by atoms with E-state index in [-0.39, 0.29) is 23.3 Å². The maximum absolute atomic E-state index is 11.0. The van der Waals surface area contributed by atoms with E-state index in [4.69, 9.17) is 17.7 Å². The highest BCUT2D eigenvalue weighted by molar-refractivity contribution is 6.30. The number of hydrogen-bond donors (Lipinski definition) is 1. The van der Waals surface area contributed by atoms with Gasteiger partial charge in [-0.3, -0.25) is 0 Å². The van der Waals surface area contributed by atoms with Crippen LogP contribution in [0.1, 0.15) is 16.9 Å². The van der Waals surface area contributed by atoms with Crippen molar-refractivity contribution < 1.29 is 14.6 Å². The van der Waals surface area contributed by atoms with E-state index < -0.39 is 5.97 Å². The number of nitrogens with zero attached hydrogens (tertiary/aromatic N) is 4. The molecule has 3 heterocycles. The monoisotopic (exact) mass is 284 g/mol. The predicted octanol–water partition coefficient (Wildman–Crippen LogP) is -0.182. The Kier molecular flexibility index (Phi) is 3.08. The van der Waals surface area contributed by atoms with Gasteiger partial charge in [0.05, 0.1) is 0 Å². The highest BCUT2D eigenvalue weighted by Crippen LogP contribution is 2.25. The molecule has 1 atom stereocenters. The van der Waals surface area contributed by atoms with Crippen molar-refractivity contribution >= 4 is 25.1 Å². The van der Waals surface area contributed by atoms with E-state index >= 15 is 0 Å². The molecule has 0 spiro atoms. The van der Waals surface area contributed by atoms with Crippen molar-refractivity contribution in [1.29, 1.82) is 0 Å². The first-order valence-electron chi connectivity index (χ1n) is 6.41. The topological polar surface area (TPSA) is 80.0 Å². The molecule has 3 rings (SSSR count). The lowest BCUT2D eigenvalue weighted by molar-refractivity contribution is 0.0691. The Balaban J connectivity index is 2.01. The van der Waals surface area contributed by atoms with Gasteiger partial charge in [-0.05, 0) is 0 Å². The minimum absolute atomic E-state index is 0.0883. The number of rotatable bonds is 3. The molecule has 0 aromatic carbocycles. The molecule has 1 aliphatic rings. The molecule has 106 valence electrons. The Morgan fingerprint density at radius 2 is 2.29 bits per heavy atom. The molecule has 1 saturated heterocycles. The van der Waals surface area contributed by atoms with Crippen molar-refractivity contribution in [1.82, 2.24) is 19.3 Å². The van der Waals surface area contributed by atoms with Crippen molar-refractivity contribution in [2.24, 2.45) is 0 Å². The standard InChI is InChI=1S/C13H13BN4O3/c1-7-9(3-4-17(7)2)21-12-11-15-8(13(19)20)5-18(11)6-10(14)16-12/h5-6,9H,1,3-4H2,2H3,(H,19,20). The van der Waals surface area contributed by atoms with E-state index in [1.807, 2.05) is 11.9 Å². The molecule has 21 heavy (non-hydrogen) atoms. The van der Waals surface area contributed by atoms with Gasteiger partial charge in [-0.2, -0.15) is 0 Å². The second kappa shape index (κ2) is 4.80. The normalized spacial score (nSPS) is 18.4. The van der Waals surface area contributed by atoms with Gasteiger partial charge in [-0.15, -0.1) is 0 Å². The quantitative estimate of drug-likeness (QED) is 0.787. The number of aromatic carboxylic acids is 1. The van der Waals surface area contributed by atoms with Crippen LogP contribution in [-0.2, 0) is 0 Å². The molecular formula is C13H13BN4O3. The van der Waals surface area contributed by atoms with E-state index in [0.717, 1.165) is 18.7 Å². The summed E-state index contributed by atoms with van der Waals surface area (Å²) >= 11 is 0. The molecule has 0 bridgehead atoms.